The van der Waals surface area contributed by atoms with Crippen LogP contribution in [-0.4, -0.2) is 35.9 Å². The molecule has 1 aliphatic rings. The van der Waals surface area contributed by atoms with E-state index in [2.05, 4.69) is 17.4 Å². The third-order valence-corrected chi connectivity index (χ3v) is 4.24. The molecule has 25 heavy (non-hydrogen) atoms. The van der Waals surface area contributed by atoms with E-state index in [0.717, 1.165) is 50.2 Å². The summed E-state index contributed by atoms with van der Waals surface area (Å²) in [5, 5.41) is 12.9. The van der Waals surface area contributed by atoms with Crippen LogP contribution in [-0.2, 0) is 50.3 Å². The van der Waals surface area contributed by atoms with E-state index in [-0.39, 0.29) is 38.5 Å². The molecule has 1 aromatic heterocycles. The van der Waals surface area contributed by atoms with Crippen molar-refractivity contribution >= 4 is 5.82 Å². The van der Waals surface area contributed by atoms with Crippen molar-refractivity contribution in [1.29, 1.82) is 0 Å². The number of aliphatic hydroxyl groups excluding tert-OH is 1. The minimum Gasteiger partial charge on any atom is -0.668 e. The number of anilines is 1. The maximum Gasteiger partial charge on any atom is 0.129 e. The molecule has 0 aromatic carbocycles. The molecule has 0 spiro atoms. The van der Waals surface area contributed by atoms with Crippen molar-refractivity contribution in [3.63, 3.8) is 0 Å². The molecule has 0 aliphatic carbocycles. The van der Waals surface area contributed by atoms with E-state index in [0.29, 0.717) is 19.6 Å². The van der Waals surface area contributed by atoms with Crippen LogP contribution in [0.4, 0.5) is 5.82 Å². The minimum atomic E-state index is -0.558. The van der Waals surface area contributed by atoms with Crippen molar-refractivity contribution in [3.05, 3.63) is 41.0 Å². The number of rotatable bonds is 10. The topological polar surface area (TPSA) is 78.2 Å². The van der Waals surface area contributed by atoms with Crippen molar-refractivity contribution in [2.45, 2.75) is 57.9 Å². The van der Waals surface area contributed by atoms with Gasteiger partial charge in [-0.05, 0) is 62.7 Å². The van der Waals surface area contributed by atoms with Crippen LogP contribution < -0.4 is 5.32 Å². The molecule has 1 aliphatic heterocycles. The van der Waals surface area contributed by atoms with Crippen LogP contribution >= 0.6 is 0 Å². The van der Waals surface area contributed by atoms with Gasteiger partial charge in [0.25, 0.3) is 0 Å². The first-order valence-electron chi connectivity index (χ1n) is 9.11. The average Bonchev–Trinajstić information content (AvgIpc) is 2.60. The van der Waals surface area contributed by atoms with Gasteiger partial charge < -0.3 is 20.9 Å². The number of nitrogens with one attached hydrogen (secondary N) is 2. The van der Waals surface area contributed by atoms with Crippen LogP contribution in [0.25, 0.3) is 5.73 Å². The van der Waals surface area contributed by atoms with Crippen molar-refractivity contribution < 1.29 is 42.6 Å². The Kier molecular flexibility index (Phi) is 11.5. The van der Waals surface area contributed by atoms with Crippen molar-refractivity contribution in [1.82, 2.24) is 4.98 Å². The summed E-state index contributed by atoms with van der Waals surface area (Å²) in [6, 6.07) is 3.78. The Morgan fingerprint density at radius 1 is 1.40 bits per heavy atom. The quantitative estimate of drug-likeness (QED) is 0.433. The van der Waals surface area contributed by atoms with Gasteiger partial charge in [0.05, 0.1) is 5.76 Å². The summed E-state index contributed by atoms with van der Waals surface area (Å²) in [4.78, 5) is 4.70. The van der Waals surface area contributed by atoms with E-state index >= 15 is 0 Å². The molecule has 1 radical (unpaired) electrons. The second kappa shape index (κ2) is 12.8. The Balaban J connectivity index is 0.00000312. The summed E-state index contributed by atoms with van der Waals surface area (Å²) < 4.78 is 5.57. The first-order chi connectivity index (χ1) is 11.7. The average molecular weight is 421 g/mol. The number of allylic oxidation sites excluding steroid dienone is 1. The number of fused-ring (bicyclic) bond motifs is 1. The van der Waals surface area contributed by atoms with E-state index < -0.39 is 6.04 Å². The van der Waals surface area contributed by atoms with E-state index in [1.807, 2.05) is 6.92 Å². The molecule has 0 bridgehead atoms. The van der Waals surface area contributed by atoms with Crippen LogP contribution in [0.5, 0.6) is 0 Å². The summed E-state index contributed by atoms with van der Waals surface area (Å²) in [6.45, 7) is 4.20. The predicted octanol–water partition coefficient (Wildman–Crippen LogP) is 4.44. The fraction of sp³-hybridized carbons (Fsp3) is 0.632. The van der Waals surface area contributed by atoms with Crippen LogP contribution in [0.3, 0.4) is 0 Å². The third-order valence-electron chi connectivity index (χ3n) is 4.24. The van der Waals surface area contributed by atoms with Gasteiger partial charge in [-0.1, -0.05) is 19.0 Å². The van der Waals surface area contributed by atoms with Gasteiger partial charge in [-0.15, -0.1) is 0 Å². The number of nitrogens with zero attached hydrogens (tertiary/aromatic N) is 1. The van der Waals surface area contributed by atoms with Gasteiger partial charge in [-0.2, -0.15) is 0 Å². The maximum absolute atomic E-state index is 9.57. The summed E-state index contributed by atoms with van der Waals surface area (Å²) in [5.41, 5.74) is 10.2. The minimum absolute atomic E-state index is 0. The van der Waals surface area contributed by atoms with E-state index in [4.69, 9.17) is 15.5 Å². The largest absolute Gasteiger partial charge is 0.668 e. The second-order valence-electron chi connectivity index (χ2n) is 6.29. The van der Waals surface area contributed by atoms with Crippen LogP contribution in [0, 0.1) is 0 Å². The van der Waals surface area contributed by atoms with E-state index in [1.54, 1.807) is 6.08 Å². The van der Waals surface area contributed by atoms with Gasteiger partial charge in [-0.3, -0.25) is 0 Å². The number of ether oxygens (including phenoxy) is 1. The van der Waals surface area contributed by atoms with E-state index in [1.165, 1.54) is 12.0 Å². The Labute approximate surface area is 176 Å². The SMILES string of the molecule is CC/C=C(/O)C([NH-])CCOCCCCc1ccc2c(n1)NCCC2.[Y]. The molecule has 1 atom stereocenters. The van der Waals surface area contributed by atoms with Crippen molar-refractivity contribution in [2.24, 2.45) is 0 Å². The maximum atomic E-state index is 9.57. The number of aliphatic hydroxyl groups is 1. The van der Waals surface area contributed by atoms with Crippen molar-refractivity contribution in [2.75, 3.05) is 25.1 Å². The van der Waals surface area contributed by atoms with Gasteiger partial charge in [0.1, 0.15) is 5.82 Å². The van der Waals surface area contributed by atoms with Gasteiger partial charge in [-0.25, -0.2) is 4.98 Å². The number of pyridine rings is 1. The molecule has 5 nitrogen and oxygen atoms in total. The first-order valence-corrected chi connectivity index (χ1v) is 9.11. The molecule has 3 N–H and O–H groups in total. The number of unbranched alkanes of at least 4 members (excludes halogenated alkanes) is 1. The standard InChI is InChI=1S/C19H30N3O2.Y/c1-2-6-18(23)17(20)11-14-24-13-4-3-8-16-10-9-15-7-5-12-21-19(15)22-16;/h6,9-10,17,20,23H,2-5,7-8,11-14H2,1H3,(H,21,22);/q-1;/b18-6+;. The zero-order valence-corrected chi connectivity index (χ0v) is 18.1. The fourth-order valence-electron chi connectivity index (χ4n) is 2.82. The van der Waals surface area contributed by atoms with Crippen LogP contribution in [0.1, 0.15) is 50.3 Å². The van der Waals surface area contributed by atoms with Gasteiger partial charge in [0.2, 0.25) is 0 Å². The zero-order valence-electron chi connectivity index (χ0n) is 15.3. The molecule has 0 saturated carbocycles. The Morgan fingerprint density at radius 3 is 3.04 bits per heavy atom. The summed E-state index contributed by atoms with van der Waals surface area (Å²) >= 11 is 0. The molecule has 0 amide bonds. The molecule has 2 rings (SSSR count). The number of aromatic nitrogens is 1. The van der Waals surface area contributed by atoms with Gasteiger partial charge in [0.15, 0.2) is 0 Å². The Bertz CT molecular complexity index is 537. The Morgan fingerprint density at radius 2 is 2.24 bits per heavy atom. The fourth-order valence-corrected chi connectivity index (χ4v) is 2.82. The first kappa shape index (κ1) is 22.6. The van der Waals surface area contributed by atoms with Crippen molar-refractivity contribution in [3.8, 4) is 0 Å². The number of aryl methyl sites for hydroxylation is 2. The summed E-state index contributed by atoms with van der Waals surface area (Å²) in [6.07, 6.45) is 8.33. The monoisotopic (exact) mass is 421 g/mol. The predicted molar refractivity (Wildman–Crippen MR) is 98.5 cm³/mol. The van der Waals surface area contributed by atoms with E-state index in [9.17, 15) is 5.11 Å². The van der Waals surface area contributed by atoms with Gasteiger partial charge in [0, 0.05) is 58.2 Å². The molecule has 6 heteroatoms. The molecular weight excluding hydrogens is 391 g/mol. The third kappa shape index (κ3) is 8.16. The smallest absolute Gasteiger partial charge is 0.129 e. The Hall–Kier alpha value is -0.486. The van der Waals surface area contributed by atoms with Crippen LogP contribution in [0.2, 0.25) is 0 Å². The molecule has 2 heterocycles. The summed E-state index contributed by atoms with van der Waals surface area (Å²) in [7, 11) is 0. The van der Waals surface area contributed by atoms with Gasteiger partial charge >= 0.3 is 0 Å². The molecule has 1 aromatic rings. The summed E-state index contributed by atoms with van der Waals surface area (Å²) in [5.74, 6) is 1.23. The number of hydrogen-bond acceptors (Lipinski definition) is 4. The molecular formula is C19H30N3O2Y-. The molecule has 1 unspecified atom stereocenters. The van der Waals surface area contributed by atoms with Crippen LogP contribution in [0.15, 0.2) is 24.0 Å². The molecule has 137 valence electrons. The number of hydrogen-bond donors (Lipinski definition) is 2. The zero-order chi connectivity index (χ0) is 17.2. The molecule has 0 saturated heterocycles. The molecule has 0 fully saturated rings. The normalized spacial score (nSPS) is 15.0. The second-order valence-corrected chi connectivity index (χ2v) is 6.29.